The van der Waals surface area contributed by atoms with Gasteiger partial charge in [0.1, 0.15) is 0 Å². The van der Waals surface area contributed by atoms with Gasteiger partial charge in [-0.2, -0.15) is 11.8 Å². The Balaban J connectivity index is 1.74. The van der Waals surface area contributed by atoms with Gasteiger partial charge in [-0.15, -0.1) is 0 Å². The summed E-state index contributed by atoms with van der Waals surface area (Å²) in [7, 11) is 0. The average molecular weight is 347 g/mol. The van der Waals surface area contributed by atoms with Crippen molar-refractivity contribution in [2.75, 3.05) is 18.1 Å². The molecule has 2 fully saturated rings. The molecule has 5 heteroatoms. The van der Waals surface area contributed by atoms with Crippen molar-refractivity contribution in [2.45, 2.75) is 37.4 Å². The highest BCUT2D eigenvalue weighted by molar-refractivity contribution is 7.99. The van der Waals surface area contributed by atoms with E-state index in [1.54, 1.807) is 12.1 Å². The maximum Gasteiger partial charge on any atom is 0.0820 e. The number of rotatable bonds is 2. The molecule has 2 aliphatic rings. The van der Waals surface area contributed by atoms with Crippen LogP contribution in [-0.2, 0) is 4.74 Å². The first-order chi connectivity index (χ1) is 10.1. The lowest BCUT2D eigenvalue weighted by molar-refractivity contribution is -0.121. The van der Waals surface area contributed by atoms with Crippen LogP contribution in [0.3, 0.4) is 0 Å². The topological polar surface area (TPSA) is 29.5 Å². The summed E-state index contributed by atoms with van der Waals surface area (Å²) in [5, 5.41) is 11.7. The van der Waals surface area contributed by atoms with Gasteiger partial charge in [-0.25, -0.2) is 0 Å². The minimum Gasteiger partial charge on any atom is -0.388 e. The third kappa shape index (κ3) is 3.53. The van der Waals surface area contributed by atoms with E-state index in [2.05, 4.69) is 0 Å². The lowest BCUT2D eigenvalue weighted by Crippen LogP contribution is -2.44. The first-order valence-electron chi connectivity index (χ1n) is 7.44. The Bertz CT molecular complexity index is 498. The number of thioether (sulfide) groups is 1. The zero-order valence-electron chi connectivity index (χ0n) is 11.9. The van der Waals surface area contributed by atoms with Crippen LogP contribution in [0.4, 0.5) is 0 Å². The lowest BCUT2D eigenvalue weighted by atomic mass is 9.78. The van der Waals surface area contributed by atoms with Crippen LogP contribution in [0.2, 0.25) is 10.0 Å². The predicted molar refractivity (Wildman–Crippen MR) is 89.4 cm³/mol. The molecule has 2 unspecified atom stereocenters. The average Bonchev–Trinajstić information content (AvgIpc) is 2.50. The largest absolute Gasteiger partial charge is 0.388 e. The van der Waals surface area contributed by atoms with E-state index in [4.69, 9.17) is 27.9 Å². The van der Waals surface area contributed by atoms with Crippen molar-refractivity contribution in [1.82, 2.24) is 0 Å². The third-order valence-corrected chi connectivity index (χ3v) is 6.39. The number of aliphatic hydroxyl groups excluding tert-OH is 1. The van der Waals surface area contributed by atoms with E-state index in [0.29, 0.717) is 10.0 Å². The Morgan fingerprint density at radius 2 is 2.00 bits per heavy atom. The number of benzene rings is 1. The standard InChI is InChI=1S/C16H20Cl2O2S/c17-13-2-1-11(9-14(13)18)15(19)12-3-6-20-16(10-12)4-7-21-8-5-16/h1-2,9,12,15,19H,3-8,10H2. The van der Waals surface area contributed by atoms with E-state index in [0.717, 1.165) is 49.4 Å². The number of hydrogen-bond donors (Lipinski definition) is 1. The van der Waals surface area contributed by atoms with Crippen molar-refractivity contribution in [3.05, 3.63) is 33.8 Å². The molecule has 3 rings (SSSR count). The molecule has 0 bridgehead atoms. The smallest absolute Gasteiger partial charge is 0.0820 e. The molecule has 1 spiro atoms. The van der Waals surface area contributed by atoms with Gasteiger partial charge in [0.05, 0.1) is 21.8 Å². The second kappa shape index (κ2) is 6.67. The van der Waals surface area contributed by atoms with Gasteiger partial charge in [0, 0.05) is 6.61 Å². The normalized spacial score (nSPS) is 26.7. The second-order valence-corrected chi connectivity index (χ2v) is 8.05. The minimum absolute atomic E-state index is 0.00856. The van der Waals surface area contributed by atoms with Gasteiger partial charge in [-0.1, -0.05) is 29.3 Å². The van der Waals surface area contributed by atoms with Crippen LogP contribution in [0.25, 0.3) is 0 Å². The summed E-state index contributed by atoms with van der Waals surface area (Å²) in [6, 6.07) is 5.42. The highest BCUT2D eigenvalue weighted by Gasteiger charge is 2.41. The van der Waals surface area contributed by atoms with Crippen LogP contribution in [-0.4, -0.2) is 28.8 Å². The van der Waals surface area contributed by atoms with Gasteiger partial charge in [-0.3, -0.25) is 0 Å². The van der Waals surface area contributed by atoms with E-state index in [-0.39, 0.29) is 11.5 Å². The molecular formula is C16H20Cl2O2S. The Morgan fingerprint density at radius 1 is 1.24 bits per heavy atom. The molecule has 0 radical (unpaired) electrons. The van der Waals surface area contributed by atoms with Crippen LogP contribution in [0.5, 0.6) is 0 Å². The summed E-state index contributed by atoms with van der Waals surface area (Å²) in [6.45, 7) is 0.744. The van der Waals surface area contributed by atoms with Crippen molar-refractivity contribution in [3.8, 4) is 0 Å². The van der Waals surface area contributed by atoms with E-state index in [1.165, 1.54) is 0 Å². The highest BCUT2D eigenvalue weighted by atomic mass is 35.5. The summed E-state index contributed by atoms with van der Waals surface area (Å²) >= 11 is 14.0. The number of aliphatic hydroxyl groups is 1. The van der Waals surface area contributed by atoms with Crippen molar-refractivity contribution < 1.29 is 9.84 Å². The number of hydrogen-bond acceptors (Lipinski definition) is 3. The van der Waals surface area contributed by atoms with E-state index in [9.17, 15) is 5.11 Å². The van der Waals surface area contributed by atoms with Gasteiger partial charge in [0.25, 0.3) is 0 Å². The summed E-state index contributed by atoms with van der Waals surface area (Å²) < 4.78 is 6.09. The quantitative estimate of drug-likeness (QED) is 0.839. The number of halogens is 2. The van der Waals surface area contributed by atoms with Crippen LogP contribution in [0.15, 0.2) is 18.2 Å². The molecule has 1 N–H and O–H groups in total. The van der Waals surface area contributed by atoms with Crippen LogP contribution in [0, 0.1) is 5.92 Å². The summed E-state index contributed by atoms with van der Waals surface area (Å²) in [5.74, 6) is 2.56. The Kier molecular flexibility index (Phi) is 5.07. The van der Waals surface area contributed by atoms with Gasteiger partial charge in [0.2, 0.25) is 0 Å². The van der Waals surface area contributed by atoms with Crippen LogP contribution in [0.1, 0.15) is 37.4 Å². The molecule has 2 atom stereocenters. The van der Waals surface area contributed by atoms with Gasteiger partial charge in [0.15, 0.2) is 0 Å². The van der Waals surface area contributed by atoms with Crippen molar-refractivity contribution in [1.29, 1.82) is 0 Å². The van der Waals surface area contributed by atoms with Gasteiger partial charge in [-0.05, 0) is 60.8 Å². The van der Waals surface area contributed by atoms with Gasteiger partial charge >= 0.3 is 0 Å². The van der Waals surface area contributed by atoms with Crippen LogP contribution < -0.4 is 0 Å². The molecule has 2 heterocycles. The van der Waals surface area contributed by atoms with Crippen molar-refractivity contribution >= 4 is 35.0 Å². The van der Waals surface area contributed by atoms with Crippen molar-refractivity contribution in [3.63, 3.8) is 0 Å². The van der Waals surface area contributed by atoms with E-state index in [1.807, 2.05) is 17.8 Å². The maximum absolute atomic E-state index is 10.7. The molecule has 0 saturated carbocycles. The second-order valence-electron chi connectivity index (χ2n) is 6.02. The molecule has 0 aromatic heterocycles. The Morgan fingerprint density at radius 3 is 2.71 bits per heavy atom. The molecule has 21 heavy (non-hydrogen) atoms. The SMILES string of the molecule is OC(c1ccc(Cl)c(Cl)c1)C1CCOC2(CCSCC2)C1. The Labute approximate surface area is 140 Å². The molecule has 0 aliphatic carbocycles. The van der Waals surface area contributed by atoms with Gasteiger partial charge < -0.3 is 9.84 Å². The molecule has 116 valence electrons. The first-order valence-corrected chi connectivity index (χ1v) is 9.35. The summed E-state index contributed by atoms with van der Waals surface area (Å²) in [6.07, 6.45) is 3.55. The minimum atomic E-state index is -0.491. The molecule has 2 saturated heterocycles. The highest BCUT2D eigenvalue weighted by Crippen LogP contribution is 2.43. The molecule has 1 aromatic rings. The fourth-order valence-corrected chi connectivity index (χ4v) is 4.94. The molecular weight excluding hydrogens is 327 g/mol. The zero-order valence-corrected chi connectivity index (χ0v) is 14.2. The molecule has 2 nitrogen and oxygen atoms in total. The van der Waals surface area contributed by atoms with Crippen molar-refractivity contribution in [2.24, 2.45) is 5.92 Å². The fraction of sp³-hybridized carbons (Fsp3) is 0.625. The zero-order chi connectivity index (χ0) is 14.9. The van der Waals surface area contributed by atoms with Crippen LogP contribution >= 0.6 is 35.0 Å². The summed E-state index contributed by atoms with van der Waals surface area (Å²) in [5.41, 5.74) is 0.849. The summed E-state index contributed by atoms with van der Waals surface area (Å²) in [4.78, 5) is 0. The molecule has 0 amide bonds. The molecule has 1 aromatic carbocycles. The molecule has 2 aliphatic heterocycles. The lowest BCUT2D eigenvalue weighted by Gasteiger charge is -2.44. The van der Waals surface area contributed by atoms with E-state index < -0.39 is 6.10 Å². The third-order valence-electron chi connectivity index (χ3n) is 4.67. The maximum atomic E-state index is 10.7. The first kappa shape index (κ1) is 15.9. The fourth-order valence-electron chi connectivity index (χ4n) is 3.40. The monoisotopic (exact) mass is 346 g/mol. The Hall–Kier alpha value is 0.0700. The predicted octanol–water partition coefficient (Wildman–Crippen LogP) is 4.72. The van der Waals surface area contributed by atoms with E-state index >= 15 is 0 Å². The number of ether oxygens (including phenoxy) is 1.